The van der Waals surface area contributed by atoms with Gasteiger partial charge in [-0.1, -0.05) is 246 Å². The second-order valence-corrected chi connectivity index (χ2v) is 29.5. The summed E-state index contributed by atoms with van der Waals surface area (Å²) in [6, 6.07) is 77.9. The summed E-state index contributed by atoms with van der Waals surface area (Å²) in [6.45, 7) is 28.1. The third-order valence-corrected chi connectivity index (χ3v) is 20.2. The molecule has 0 bridgehead atoms. The van der Waals surface area contributed by atoms with Crippen LogP contribution in [-0.2, 0) is 27.1 Å². The zero-order valence-corrected chi connectivity index (χ0v) is 52.8. The predicted octanol–water partition coefficient (Wildman–Crippen LogP) is 22.8. The quantitative estimate of drug-likeness (QED) is 0.176. The van der Waals surface area contributed by atoms with Crippen LogP contribution in [-0.4, -0.2) is 0 Å². The molecule has 0 amide bonds. The van der Waals surface area contributed by atoms with Crippen molar-refractivity contribution in [3.05, 3.63) is 285 Å². The Morgan fingerprint density at radius 2 is 0.886 bits per heavy atom. The van der Waals surface area contributed by atoms with Gasteiger partial charge in [-0.2, -0.15) is 0 Å². The molecule has 1 unspecified atom stereocenters. The summed E-state index contributed by atoms with van der Waals surface area (Å²) in [5.41, 5.74) is 25.0. The number of hydrogen-bond donors (Lipinski definition) is 0. The fourth-order valence-corrected chi connectivity index (χ4v) is 15.7. The number of allylic oxidation sites excluding steroid dienone is 4. The normalized spacial score (nSPS) is 16.9. The molecule has 2 aliphatic heterocycles. The van der Waals surface area contributed by atoms with E-state index < -0.39 is 10.8 Å². The van der Waals surface area contributed by atoms with Crippen molar-refractivity contribution in [3.63, 3.8) is 0 Å². The first-order valence-corrected chi connectivity index (χ1v) is 31.7. The molecule has 0 N–H and O–H groups in total. The molecule has 434 valence electrons. The first-order chi connectivity index (χ1) is 42.1. The van der Waals surface area contributed by atoms with Gasteiger partial charge in [-0.3, -0.25) is 0 Å². The number of hydrogen-bond acceptors (Lipinski definition) is 4. The zero-order valence-electron chi connectivity index (χ0n) is 52.8. The molecule has 0 saturated carbocycles. The van der Waals surface area contributed by atoms with Gasteiger partial charge in [-0.05, 0) is 149 Å². The summed E-state index contributed by atoms with van der Waals surface area (Å²) in [7, 11) is 0. The van der Waals surface area contributed by atoms with E-state index in [1.54, 1.807) is 0 Å². The fourth-order valence-electron chi connectivity index (χ4n) is 15.7. The lowest BCUT2D eigenvalue weighted by molar-refractivity contribution is 0.351. The van der Waals surface area contributed by atoms with Crippen molar-refractivity contribution < 1.29 is 13.9 Å². The van der Waals surface area contributed by atoms with Gasteiger partial charge in [-0.15, -0.1) is 0 Å². The van der Waals surface area contributed by atoms with Gasteiger partial charge in [0.15, 0.2) is 5.75 Å². The molecule has 2 spiro atoms. The lowest BCUT2D eigenvalue weighted by atomic mass is 9.62. The molecule has 4 heteroatoms. The van der Waals surface area contributed by atoms with Crippen LogP contribution >= 0.6 is 0 Å². The van der Waals surface area contributed by atoms with E-state index in [9.17, 15) is 0 Å². The largest absolute Gasteiger partial charge is 0.461 e. The molecule has 0 saturated heterocycles. The molecular weight excluding hydrogens is 1070 g/mol. The Labute approximate surface area is 518 Å². The number of anilines is 3. The summed E-state index contributed by atoms with van der Waals surface area (Å²) >= 11 is 0. The van der Waals surface area contributed by atoms with Gasteiger partial charge in [0.1, 0.15) is 28.4 Å². The summed E-state index contributed by atoms with van der Waals surface area (Å²) in [6.07, 6.45) is 4.31. The number of para-hydroxylation sites is 4. The Bertz CT molecular complexity index is 4790. The predicted molar refractivity (Wildman–Crippen MR) is 364 cm³/mol. The van der Waals surface area contributed by atoms with Crippen LogP contribution in [0.2, 0.25) is 0 Å². The Balaban J connectivity index is 1.03. The van der Waals surface area contributed by atoms with Crippen LogP contribution in [0.1, 0.15) is 152 Å². The SMILES string of the molecule is CC(C)(C)C1=CC2=C(CC1)Oc1ccc(C(C)(C)C)cc1C21c2ccccc2-c2ccc(N(c3ccccc3-c3cccc4oc5ccccc5c34)c3cccc4c3Oc3ccccc3C43c4cc(C(C)(C)C)ccc4-c4ccc(C(C)(C)C)cc43)cc21. The third kappa shape index (κ3) is 7.69. The average Bonchev–Trinajstić information content (AvgIpc) is 1.46. The minimum atomic E-state index is -0.749. The number of rotatable bonds is 4. The molecule has 16 rings (SSSR count). The van der Waals surface area contributed by atoms with E-state index in [0.717, 1.165) is 97.1 Å². The highest BCUT2D eigenvalue weighted by molar-refractivity contribution is 6.14. The molecule has 0 radical (unpaired) electrons. The van der Waals surface area contributed by atoms with Crippen molar-refractivity contribution in [1.29, 1.82) is 0 Å². The van der Waals surface area contributed by atoms with E-state index in [-0.39, 0.29) is 21.7 Å². The number of furan rings is 1. The van der Waals surface area contributed by atoms with Crippen LogP contribution in [0.4, 0.5) is 17.1 Å². The molecule has 88 heavy (non-hydrogen) atoms. The Hall–Kier alpha value is -9.12. The number of fused-ring (bicyclic) bond motifs is 20. The molecule has 3 aliphatic carbocycles. The zero-order chi connectivity index (χ0) is 60.6. The summed E-state index contributed by atoms with van der Waals surface area (Å²) in [5, 5.41) is 2.17. The molecule has 3 heterocycles. The molecule has 11 aromatic rings. The molecule has 1 aromatic heterocycles. The Morgan fingerprint density at radius 3 is 1.59 bits per heavy atom. The summed E-state index contributed by atoms with van der Waals surface area (Å²) in [4.78, 5) is 2.53. The lowest BCUT2D eigenvalue weighted by Crippen LogP contribution is -2.36. The topological polar surface area (TPSA) is 34.8 Å². The van der Waals surface area contributed by atoms with E-state index in [2.05, 4.69) is 300 Å². The molecule has 1 atom stereocenters. The maximum Gasteiger partial charge on any atom is 0.156 e. The Morgan fingerprint density at radius 1 is 0.364 bits per heavy atom. The van der Waals surface area contributed by atoms with E-state index >= 15 is 0 Å². The van der Waals surface area contributed by atoms with Gasteiger partial charge in [0.25, 0.3) is 0 Å². The molecule has 10 aromatic carbocycles. The van der Waals surface area contributed by atoms with Gasteiger partial charge in [-0.25, -0.2) is 0 Å². The van der Waals surface area contributed by atoms with Gasteiger partial charge in [0, 0.05) is 50.7 Å². The van der Waals surface area contributed by atoms with E-state index in [1.807, 2.05) is 0 Å². The Kier molecular flexibility index (Phi) is 11.5. The summed E-state index contributed by atoms with van der Waals surface area (Å²) in [5.74, 6) is 3.65. The van der Waals surface area contributed by atoms with Crippen LogP contribution in [0.25, 0.3) is 55.3 Å². The van der Waals surface area contributed by atoms with Crippen LogP contribution in [0.3, 0.4) is 0 Å². The number of benzene rings is 10. The van der Waals surface area contributed by atoms with Gasteiger partial charge in [0.2, 0.25) is 0 Å². The van der Waals surface area contributed by atoms with Crippen molar-refractivity contribution in [2.24, 2.45) is 5.41 Å². The highest BCUT2D eigenvalue weighted by Gasteiger charge is 2.55. The van der Waals surface area contributed by atoms with Crippen LogP contribution in [0.5, 0.6) is 17.2 Å². The average molecular weight is 1150 g/mol. The van der Waals surface area contributed by atoms with E-state index in [4.69, 9.17) is 13.9 Å². The third-order valence-electron chi connectivity index (χ3n) is 20.2. The van der Waals surface area contributed by atoms with E-state index in [0.29, 0.717) is 0 Å². The number of nitrogens with zero attached hydrogens (tertiary/aromatic N) is 1. The van der Waals surface area contributed by atoms with Crippen LogP contribution in [0, 0.1) is 5.41 Å². The second-order valence-electron chi connectivity index (χ2n) is 29.5. The standard InChI is InChI=1S/C84H75NO3/c1-79(2,3)50-35-40-56-57-41-36-51(80(4,5)6)46-66(57)84(65(56)45-50)63-28-17-20-33-73(63)88-78-64(84)29-22-31-71(78)85(70-30-18-14-24-59(70)60-26-21-34-76-77(60)61-25-15-19-32-72(61)86-76)54-39-42-58-55-23-13-16-27-62(55)83(67(58)49-54)68-47-52(81(7,8)9)37-43-74(68)87-75-44-38-53(48-69(75)83)82(10,11)12/h13-37,39-43,45-49H,38,44H2,1-12H3. The van der Waals surface area contributed by atoms with Crippen molar-refractivity contribution >= 4 is 39.0 Å². The smallest absolute Gasteiger partial charge is 0.156 e. The second kappa shape index (κ2) is 18.7. The van der Waals surface area contributed by atoms with E-state index in [1.165, 1.54) is 77.9 Å². The number of ether oxygens (including phenoxy) is 2. The van der Waals surface area contributed by atoms with Crippen molar-refractivity contribution in [1.82, 2.24) is 0 Å². The monoisotopic (exact) mass is 1150 g/mol. The van der Waals surface area contributed by atoms with Crippen LogP contribution in [0.15, 0.2) is 234 Å². The first kappa shape index (κ1) is 54.3. The molecule has 5 aliphatic rings. The lowest BCUT2D eigenvalue weighted by Gasteiger charge is -2.44. The highest BCUT2D eigenvalue weighted by Crippen LogP contribution is 2.67. The van der Waals surface area contributed by atoms with Gasteiger partial charge in [0.05, 0.1) is 22.2 Å². The minimum Gasteiger partial charge on any atom is -0.461 e. The van der Waals surface area contributed by atoms with Crippen molar-refractivity contribution in [3.8, 4) is 50.6 Å². The summed E-state index contributed by atoms with van der Waals surface area (Å²) < 4.78 is 21.7. The van der Waals surface area contributed by atoms with Crippen LogP contribution < -0.4 is 14.4 Å². The molecule has 4 nitrogen and oxygen atoms in total. The molecule has 0 fully saturated rings. The van der Waals surface area contributed by atoms with Gasteiger partial charge >= 0.3 is 0 Å². The minimum absolute atomic E-state index is 0.0505. The maximum atomic E-state index is 7.78. The first-order valence-electron chi connectivity index (χ1n) is 31.7. The van der Waals surface area contributed by atoms with Gasteiger partial charge < -0.3 is 18.8 Å². The highest BCUT2D eigenvalue weighted by atomic mass is 16.5. The molecular formula is C84H75NO3. The van der Waals surface area contributed by atoms with Crippen molar-refractivity contribution in [2.75, 3.05) is 4.90 Å². The maximum absolute atomic E-state index is 7.78. The fraction of sp³-hybridized carbons (Fsp3) is 0.238. The van der Waals surface area contributed by atoms with Crippen molar-refractivity contribution in [2.45, 2.75) is 123 Å².